The van der Waals surface area contributed by atoms with Gasteiger partial charge in [0, 0.05) is 18.8 Å². The van der Waals surface area contributed by atoms with Crippen LogP contribution in [0.3, 0.4) is 0 Å². The minimum atomic E-state index is -0.337. The van der Waals surface area contributed by atoms with E-state index in [2.05, 4.69) is 12.2 Å². The summed E-state index contributed by atoms with van der Waals surface area (Å²) in [6, 6.07) is -0.337. The number of carbonyl (C=O) groups is 2. The molecule has 0 aromatic rings. The first-order chi connectivity index (χ1) is 8.57. The first kappa shape index (κ1) is 13.3. The highest BCUT2D eigenvalue weighted by Gasteiger charge is 2.43. The maximum atomic E-state index is 12.4. The highest BCUT2D eigenvalue weighted by atomic mass is 16.5. The molecule has 2 heterocycles. The lowest BCUT2D eigenvalue weighted by molar-refractivity contribution is -0.154. The van der Waals surface area contributed by atoms with Crippen molar-refractivity contribution in [3.8, 4) is 0 Å². The number of hydrogen-bond donors (Lipinski definition) is 1. The minimum absolute atomic E-state index is 0.0410. The first-order valence-electron chi connectivity index (χ1n) is 6.75. The van der Waals surface area contributed by atoms with Gasteiger partial charge in [0.2, 0.25) is 11.8 Å². The molecule has 102 valence electrons. The molecule has 18 heavy (non-hydrogen) atoms. The van der Waals surface area contributed by atoms with Gasteiger partial charge in [-0.15, -0.1) is 0 Å². The average molecular weight is 254 g/mol. The molecule has 1 N–H and O–H groups in total. The van der Waals surface area contributed by atoms with Crippen LogP contribution in [0.4, 0.5) is 0 Å². The van der Waals surface area contributed by atoms with Crippen molar-refractivity contribution >= 4 is 11.8 Å². The Hall–Kier alpha value is -1.10. The van der Waals surface area contributed by atoms with Crippen LogP contribution in [0.1, 0.15) is 39.5 Å². The lowest BCUT2D eigenvalue weighted by Crippen LogP contribution is -2.65. The van der Waals surface area contributed by atoms with Crippen molar-refractivity contribution in [2.24, 2.45) is 0 Å². The normalized spacial score (nSPS) is 28.1. The van der Waals surface area contributed by atoms with Gasteiger partial charge in [0.15, 0.2) is 0 Å². The number of ether oxygens (including phenoxy) is 1. The lowest BCUT2D eigenvalue weighted by atomic mass is 9.88. The van der Waals surface area contributed by atoms with Crippen LogP contribution in [0.2, 0.25) is 0 Å². The van der Waals surface area contributed by atoms with E-state index in [1.807, 2.05) is 6.92 Å². The number of nitrogens with zero attached hydrogens (tertiary/aromatic N) is 1. The molecule has 5 nitrogen and oxygen atoms in total. The Kier molecular flexibility index (Phi) is 3.90. The molecular weight excluding hydrogens is 232 g/mol. The summed E-state index contributed by atoms with van der Waals surface area (Å²) < 4.78 is 5.35. The van der Waals surface area contributed by atoms with E-state index in [1.165, 1.54) is 0 Å². The van der Waals surface area contributed by atoms with Gasteiger partial charge in [-0.2, -0.15) is 0 Å². The molecular formula is C13H22N2O3. The van der Waals surface area contributed by atoms with Crippen molar-refractivity contribution in [2.75, 3.05) is 19.8 Å². The maximum absolute atomic E-state index is 12.4. The van der Waals surface area contributed by atoms with Gasteiger partial charge in [-0.3, -0.25) is 9.59 Å². The van der Waals surface area contributed by atoms with Crippen LogP contribution in [-0.4, -0.2) is 48.1 Å². The first-order valence-corrected chi connectivity index (χ1v) is 6.75. The van der Waals surface area contributed by atoms with Gasteiger partial charge in [0.1, 0.15) is 12.6 Å². The Labute approximate surface area is 108 Å². The Balaban J connectivity index is 2.14. The number of rotatable bonds is 3. The summed E-state index contributed by atoms with van der Waals surface area (Å²) in [7, 11) is 0. The van der Waals surface area contributed by atoms with E-state index >= 15 is 0 Å². The summed E-state index contributed by atoms with van der Waals surface area (Å²) in [4.78, 5) is 26.0. The molecule has 2 aliphatic heterocycles. The summed E-state index contributed by atoms with van der Waals surface area (Å²) in [5.74, 6) is 0.0293. The summed E-state index contributed by atoms with van der Waals surface area (Å²) in [6.07, 6.45) is 3.23. The van der Waals surface area contributed by atoms with Crippen molar-refractivity contribution < 1.29 is 14.3 Å². The van der Waals surface area contributed by atoms with E-state index in [9.17, 15) is 9.59 Å². The summed E-state index contributed by atoms with van der Waals surface area (Å²) in [6.45, 7) is 5.61. The molecule has 0 aliphatic carbocycles. The summed E-state index contributed by atoms with van der Waals surface area (Å²) >= 11 is 0. The van der Waals surface area contributed by atoms with Crippen LogP contribution in [0, 0.1) is 0 Å². The van der Waals surface area contributed by atoms with Crippen molar-refractivity contribution in [1.82, 2.24) is 10.2 Å². The van der Waals surface area contributed by atoms with Crippen LogP contribution in [0.15, 0.2) is 0 Å². The van der Waals surface area contributed by atoms with Gasteiger partial charge in [0.05, 0.1) is 0 Å². The molecule has 5 heteroatoms. The number of hydrogen-bond acceptors (Lipinski definition) is 3. The fourth-order valence-electron chi connectivity index (χ4n) is 2.73. The molecule has 2 rings (SSSR count). The third kappa shape index (κ3) is 2.51. The minimum Gasteiger partial charge on any atom is -0.381 e. The smallest absolute Gasteiger partial charge is 0.246 e. The zero-order valence-electron chi connectivity index (χ0n) is 11.2. The van der Waals surface area contributed by atoms with E-state index in [1.54, 1.807) is 4.90 Å². The molecule has 0 spiro atoms. The summed E-state index contributed by atoms with van der Waals surface area (Å²) in [5.41, 5.74) is -0.223. The average Bonchev–Trinajstić information content (AvgIpc) is 2.34. The van der Waals surface area contributed by atoms with E-state index in [0.29, 0.717) is 19.6 Å². The molecule has 2 amide bonds. The Morgan fingerprint density at radius 3 is 2.67 bits per heavy atom. The number of piperazine rings is 1. The van der Waals surface area contributed by atoms with Gasteiger partial charge < -0.3 is 15.0 Å². The van der Waals surface area contributed by atoms with Crippen molar-refractivity contribution in [3.63, 3.8) is 0 Å². The van der Waals surface area contributed by atoms with Gasteiger partial charge >= 0.3 is 0 Å². The molecule has 1 atom stereocenters. The Morgan fingerprint density at radius 2 is 2.06 bits per heavy atom. The highest BCUT2D eigenvalue weighted by molar-refractivity contribution is 5.95. The number of nitrogens with one attached hydrogen (secondary N) is 1. The fourth-order valence-corrected chi connectivity index (χ4v) is 2.73. The zero-order chi connectivity index (χ0) is 13.2. The molecule has 0 bridgehead atoms. The number of carbonyl (C=O) groups excluding carboxylic acids is 2. The van der Waals surface area contributed by atoms with Crippen LogP contribution >= 0.6 is 0 Å². The highest BCUT2D eigenvalue weighted by Crippen LogP contribution is 2.29. The van der Waals surface area contributed by atoms with Gasteiger partial charge in [-0.25, -0.2) is 0 Å². The molecule has 0 aromatic carbocycles. The van der Waals surface area contributed by atoms with E-state index in [4.69, 9.17) is 4.74 Å². The van der Waals surface area contributed by atoms with Crippen LogP contribution < -0.4 is 5.32 Å². The molecule has 0 radical (unpaired) electrons. The molecule has 2 saturated heterocycles. The molecule has 2 fully saturated rings. The fraction of sp³-hybridized carbons (Fsp3) is 0.846. The third-order valence-corrected chi connectivity index (χ3v) is 4.00. The molecule has 0 saturated carbocycles. The molecule has 1 unspecified atom stereocenters. The monoisotopic (exact) mass is 254 g/mol. The van der Waals surface area contributed by atoms with Gasteiger partial charge in [-0.1, -0.05) is 13.3 Å². The second kappa shape index (κ2) is 5.26. The van der Waals surface area contributed by atoms with Gasteiger partial charge in [0.25, 0.3) is 0 Å². The Morgan fingerprint density at radius 1 is 1.39 bits per heavy atom. The largest absolute Gasteiger partial charge is 0.381 e. The lowest BCUT2D eigenvalue weighted by Gasteiger charge is -2.47. The number of amides is 2. The summed E-state index contributed by atoms with van der Waals surface area (Å²) in [5, 5.41) is 2.79. The van der Waals surface area contributed by atoms with Crippen molar-refractivity contribution in [2.45, 2.75) is 51.1 Å². The van der Waals surface area contributed by atoms with Crippen molar-refractivity contribution in [1.29, 1.82) is 0 Å². The van der Waals surface area contributed by atoms with E-state index < -0.39 is 0 Å². The topological polar surface area (TPSA) is 58.6 Å². The molecule has 0 aromatic heterocycles. The van der Waals surface area contributed by atoms with Gasteiger partial charge in [-0.05, 0) is 26.2 Å². The van der Waals surface area contributed by atoms with Crippen LogP contribution in [0.5, 0.6) is 0 Å². The predicted octanol–water partition coefficient (Wildman–Crippen LogP) is 0.683. The second-order valence-corrected chi connectivity index (χ2v) is 5.44. The van der Waals surface area contributed by atoms with Crippen molar-refractivity contribution in [3.05, 3.63) is 0 Å². The maximum Gasteiger partial charge on any atom is 0.246 e. The van der Waals surface area contributed by atoms with E-state index in [-0.39, 0.29) is 29.9 Å². The quantitative estimate of drug-likeness (QED) is 0.806. The second-order valence-electron chi connectivity index (χ2n) is 5.44. The Bertz CT molecular complexity index is 337. The van der Waals surface area contributed by atoms with Crippen LogP contribution in [-0.2, 0) is 14.3 Å². The zero-order valence-corrected chi connectivity index (χ0v) is 11.2. The standard InChI is InChI=1S/C13H22N2O3/c1-3-4-10-12(17)15(9-11(16)14-10)13(2)5-7-18-8-6-13/h10H,3-9H2,1-2H3,(H,14,16). The molecule has 2 aliphatic rings. The predicted molar refractivity (Wildman–Crippen MR) is 67.0 cm³/mol. The van der Waals surface area contributed by atoms with E-state index in [0.717, 1.165) is 19.3 Å². The van der Waals surface area contributed by atoms with Crippen LogP contribution in [0.25, 0.3) is 0 Å². The third-order valence-electron chi connectivity index (χ3n) is 4.00. The SMILES string of the molecule is CCCC1NC(=O)CN(C2(C)CCOCC2)C1=O.